The Morgan fingerprint density at radius 3 is 2.60 bits per heavy atom. The Morgan fingerprint density at radius 2 is 2.00 bits per heavy atom. The van der Waals surface area contributed by atoms with E-state index in [1.165, 1.54) is 23.1 Å². The number of carboxylic acids is 1. The summed E-state index contributed by atoms with van der Waals surface area (Å²) in [4.78, 5) is 16.7. The number of nitrogens with one attached hydrogen (secondary N) is 1. The first-order valence-electron chi connectivity index (χ1n) is 6.94. The molecule has 10 heteroatoms. The van der Waals surface area contributed by atoms with Gasteiger partial charge in [0, 0.05) is 24.9 Å². The third-order valence-corrected chi connectivity index (χ3v) is 3.01. The van der Waals surface area contributed by atoms with Crippen molar-refractivity contribution >= 4 is 22.8 Å². The SMILES string of the molecule is CC(=O)O.N=C(N)c1nn(Cc2ccncc2F)c2nccc(F)c12. The van der Waals surface area contributed by atoms with E-state index in [1.807, 2.05) is 0 Å². The molecular formula is C15H14F2N6O2. The second-order valence-electron chi connectivity index (χ2n) is 4.90. The number of aromatic nitrogens is 4. The number of hydrogen-bond donors (Lipinski definition) is 3. The number of rotatable bonds is 3. The van der Waals surface area contributed by atoms with Crippen LogP contribution in [0.2, 0.25) is 0 Å². The predicted octanol–water partition coefficient (Wildman–Crippen LogP) is 1.53. The van der Waals surface area contributed by atoms with E-state index in [9.17, 15) is 8.78 Å². The molecule has 3 aromatic heterocycles. The van der Waals surface area contributed by atoms with Gasteiger partial charge in [0.2, 0.25) is 0 Å². The molecule has 3 heterocycles. The Bertz CT molecular complexity index is 937. The number of nitrogen functional groups attached to an aromatic ring is 1. The smallest absolute Gasteiger partial charge is 0.300 e. The van der Waals surface area contributed by atoms with Gasteiger partial charge in [-0.1, -0.05) is 0 Å². The van der Waals surface area contributed by atoms with Crippen molar-refractivity contribution in [1.29, 1.82) is 5.41 Å². The first-order chi connectivity index (χ1) is 11.8. The van der Waals surface area contributed by atoms with Crippen LogP contribution < -0.4 is 5.73 Å². The first kappa shape index (κ1) is 17.9. The molecule has 3 aromatic rings. The summed E-state index contributed by atoms with van der Waals surface area (Å²) in [6.07, 6.45) is 3.81. The zero-order valence-electron chi connectivity index (χ0n) is 13.1. The molecular weight excluding hydrogens is 334 g/mol. The van der Waals surface area contributed by atoms with Gasteiger partial charge in [0.1, 0.15) is 23.2 Å². The molecule has 0 saturated heterocycles. The number of carboxylic acid groups (broad SMARTS) is 1. The van der Waals surface area contributed by atoms with Gasteiger partial charge in [0.15, 0.2) is 5.65 Å². The fourth-order valence-corrected chi connectivity index (χ4v) is 2.05. The average Bonchev–Trinajstić information content (AvgIpc) is 2.90. The molecule has 0 atom stereocenters. The van der Waals surface area contributed by atoms with Gasteiger partial charge < -0.3 is 10.8 Å². The van der Waals surface area contributed by atoms with Gasteiger partial charge in [-0.3, -0.25) is 15.2 Å². The summed E-state index contributed by atoms with van der Waals surface area (Å²) in [6, 6.07) is 2.66. The highest BCUT2D eigenvalue weighted by Gasteiger charge is 2.18. The number of hydrogen-bond acceptors (Lipinski definition) is 5. The number of halogens is 2. The van der Waals surface area contributed by atoms with Gasteiger partial charge in [-0.05, 0) is 12.1 Å². The zero-order chi connectivity index (χ0) is 18.6. The molecule has 0 unspecified atom stereocenters. The van der Waals surface area contributed by atoms with Crippen LogP contribution in [0.25, 0.3) is 11.0 Å². The molecule has 0 aromatic carbocycles. The molecule has 0 bridgehead atoms. The zero-order valence-corrected chi connectivity index (χ0v) is 13.1. The molecule has 0 fully saturated rings. The third-order valence-electron chi connectivity index (χ3n) is 3.01. The highest BCUT2D eigenvalue weighted by molar-refractivity contribution is 6.04. The largest absolute Gasteiger partial charge is 0.481 e. The maximum absolute atomic E-state index is 13.9. The topological polar surface area (TPSA) is 131 Å². The lowest BCUT2D eigenvalue weighted by atomic mass is 10.2. The molecule has 0 amide bonds. The number of carbonyl (C=O) groups is 1. The molecule has 130 valence electrons. The van der Waals surface area contributed by atoms with Crippen LogP contribution >= 0.6 is 0 Å². The Morgan fingerprint density at radius 1 is 1.32 bits per heavy atom. The molecule has 0 saturated carbocycles. The van der Waals surface area contributed by atoms with E-state index in [4.69, 9.17) is 21.0 Å². The minimum atomic E-state index is -0.833. The fourth-order valence-electron chi connectivity index (χ4n) is 2.05. The maximum Gasteiger partial charge on any atom is 0.300 e. The van der Waals surface area contributed by atoms with Gasteiger partial charge in [-0.2, -0.15) is 5.10 Å². The normalized spacial score (nSPS) is 10.2. The average molecular weight is 348 g/mol. The highest BCUT2D eigenvalue weighted by Crippen LogP contribution is 2.21. The van der Waals surface area contributed by atoms with E-state index in [0.29, 0.717) is 5.56 Å². The number of fused-ring (bicyclic) bond motifs is 1. The Balaban J connectivity index is 0.000000511. The van der Waals surface area contributed by atoms with Gasteiger partial charge in [0.05, 0.1) is 18.1 Å². The van der Waals surface area contributed by atoms with Crippen molar-refractivity contribution in [2.45, 2.75) is 13.5 Å². The van der Waals surface area contributed by atoms with E-state index < -0.39 is 17.6 Å². The summed E-state index contributed by atoms with van der Waals surface area (Å²) >= 11 is 0. The molecule has 4 N–H and O–H groups in total. The van der Waals surface area contributed by atoms with Gasteiger partial charge in [0.25, 0.3) is 5.97 Å². The summed E-state index contributed by atoms with van der Waals surface area (Å²) in [6.45, 7) is 1.12. The number of nitrogens with two attached hydrogens (primary N) is 1. The summed E-state index contributed by atoms with van der Waals surface area (Å²) in [5.74, 6) is -2.28. The molecule has 3 rings (SSSR count). The summed E-state index contributed by atoms with van der Waals surface area (Å²) < 4.78 is 28.9. The molecule has 0 radical (unpaired) electrons. The van der Waals surface area contributed by atoms with Crippen LogP contribution in [0.5, 0.6) is 0 Å². The Labute approximate surface area is 140 Å². The standard InChI is InChI=1S/C13H10F2N6.C2H4O2/c14-8-2-4-19-13-10(8)11(12(16)17)20-21(13)6-7-1-3-18-5-9(7)15;1-2(3)4/h1-5H,6H2,(H3,16,17);1H3,(H,3,4). The summed E-state index contributed by atoms with van der Waals surface area (Å²) in [5.41, 5.74) is 5.94. The van der Waals surface area contributed by atoms with Crippen LogP contribution in [0.4, 0.5) is 8.78 Å². The number of pyridine rings is 2. The molecule has 0 aliphatic heterocycles. The third kappa shape index (κ3) is 4.10. The van der Waals surface area contributed by atoms with Crippen LogP contribution in [0.3, 0.4) is 0 Å². The lowest BCUT2D eigenvalue weighted by molar-refractivity contribution is -0.134. The van der Waals surface area contributed by atoms with Crippen molar-refractivity contribution in [3.05, 3.63) is 53.6 Å². The second kappa shape index (κ2) is 7.43. The van der Waals surface area contributed by atoms with Gasteiger partial charge in [-0.25, -0.2) is 18.4 Å². The molecule has 8 nitrogen and oxygen atoms in total. The van der Waals surface area contributed by atoms with E-state index in [2.05, 4.69) is 15.1 Å². The van der Waals surface area contributed by atoms with Crippen LogP contribution in [0.1, 0.15) is 18.2 Å². The number of aliphatic carboxylic acids is 1. The highest BCUT2D eigenvalue weighted by atomic mass is 19.1. The van der Waals surface area contributed by atoms with Crippen LogP contribution in [-0.2, 0) is 11.3 Å². The predicted molar refractivity (Wildman–Crippen MR) is 85.1 cm³/mol. The van der Waals surface area contributed by atoms with E-state index in [-0.39, 0.29) is 29.1 Å². The molecule has 25 heavy (non-hydrogen) atoms. The van der Waals surface area contributed by atoms with Crippen molar-refractivity contribution in [2.24, 2.45) is 5.73 Å². The Kier molecular flexibility index (Phi) is 5.32. The molecule has 0 spiro atoms. The van der Waals surface area contributed by atoms with Crippen molar-refractivity contribution in [3.8, 4) is 0 Å². The minimum absolute atomic E-state index is 0.00920. The molecule has 0 aliphatic carbocycles. The van der Waals surface area contributed by atoms with Crippen molar-refractivity contribution in [1.82, 2.24) is 19.7 Å². The van der Waals surface area contributed by atoms with Crippen molar-refractivity contribution < 1.29 is 18.7 Å². The van der Waals surface area contributed by atoms with Crippen LogP contribution in [-0.4, -0.2) is 36.7 Å². The summed E-state index contributed by atoms with van der Waals surface area (Å²) in [7, 11) is 0. The number of amidine groups is 1. The van der Waals surface area contributed by atoms with Gasteiger partial charge >= 0.3 is 0 Å². The van der Waals surface area contributed by atoms with Crippen molar-refractivity contribution in [3.63, 3.8) is 0 Å². The Hall–Kier alpha value is -3.43. The van der Waals surface area contributed by atoms with Crippen molar-refractivity contribution in [2.75, 3.05) is 0 Å². The van der Waals surface area contributed by atoms with Crippen LogP contribution in [0.15, 0.2) is 30.7 Å². The fraction of sp³-hybridized carbons (Fsp3) is 0.133. The molecule has 0 aliphatic rings. The van der Waals surface area contributed by atoms with E-state index in [0.717, 1.165) is 19.2 Å². The summed E-state index contributed by atoms with van der Waals surface area (Å²) in [5, 5.41) is 19.0. The first-order valence-corrected chi connectivity index (χ1v) is 6.94. The lowest BCUT2D eigenvalue weighted by Crippen LogP contribution is -2.13. The van der Waals surface area contributed by atoms with Crippen LogP contribution in [0, 0.1) is 17.0 Å². The maximum atomic E-state index is 13.9. The van der Waals surface area contributed by atoms with Gasteiger partial charge in [-0.15, -0.1) is 0 Å². The minimum Gasteiger partial charge on any atom is -0.481 e. The number of nitrogens with zero attached hydrogens (tertiary/aromatic N) is 4. The quantitative estimate of drug-likeness (QED) is 0.486. The second-order valence-corrected chi connectivity index (χ2v) is 4.90. The van der Waals surface area contributed by atoms with E-state index in [1.54, 1.807) is 0 Å². The lowest BCUT2D eigenvalue weighted by Gasteiger charge is -2.03. The van der Waals surface area contributed by atoms with E-state index >= 15 is 0 Å². The monoisotopic (exact) mass is 348 g/mol.